The number of carbonyl (C=O) groups excluding carboxylic acids is 1. The zero-order valence-electron chi connectivity index (χ0n) is 15.5. The van der Waals surface area contributed by atoms with Crippen LogP contribution >= 0.6 is 36.4 Å². The predicted octanol–water partition coefficient (Wildman–Crippen LogP) is 3.29. The van der Waals surface area contributed by atoms with Gasteiger partial charge in [0.05, 0.1) is 6.04 Å². The van der Waals surface area contributed by atoms with Gasteiger partial charge in [0.15, 0.2) is 0 Å². The maximum Gasteiger partial charge on any atom is 0.237 e. The smallest absolute Gasteiger partial charge is 0.237 e. The Balaban J connectivity index is 0.00000182. The van der Waals surface area contributed by atoms with E-state index in [9.17, 15) is 4.79 Å². The fourth-order valence-corrected chi connectivity index (χ4v) is 3.63. The van der Waals surface area contributed by atoms with Crippen molar-refractivity contribution >= 4 is 42.3 Å². The van der Waals surface area contributed by atoms with Crippen molar-refractivity contribution in [3.8, 4) is 5.75 Å². The summed E-state index contributed by atoms with van der Waals surface area (Å²) in [6.45, 7) is 4.56. The van der Waals surface area contributed by atoms with Crippen molar-refractivity contribution in [2.24, 2.45) is 0 Å². The molecule has 0 radical (unpaired) electrons. The molecule has 2 fully saturated rings. The number of benzene rings is 1. The van der Waals surface area contributed by atoms with E-state index in [1.54, 1.807) is 0 Å². The molecule has 1 aromatic carbocycles. The highest BCUT2D eigenvalue weighted by Crippen LogP contribution is 2.16. The van der Waals surface area contributed by atoms with Crippen LogP contribution in [0.1, 0.15) is 32.1 Å². The van der Waals surface area contributed by atoms with Crippen molar-refractivity contribution in [2.45, 2.75) is 44.2 Å². The minimum atomic E-state index is 0. The Morgan fingerprint density at radius 2 is 1.85 bits per heavy atom. The lowest BCUT2D eigenvalue weighted by Gasteiger charge is -2.33. The third-order valence-electron chi connectivity index (χ3n) is 5.05. The zero-order chi connectivity index (χ0) is 17.5. The number of nitrogens with one attached hydrogen (secondary N) is 2. The van der Waals surface area contributed by atoms with Crippen molar-refractivity contribution in [3.63, 3.8) is 0 Å². The molecule has 0 spiro atoms. The number of likely N-dealkylation sites (tertiary alicyclic amines) is 1. The fourth-order valence-electron chi connectivity index (χ4n) is 3.50. The molecule has 2 aliphatic rings. The summed E-state index contributed by atoms with van der Waals surface area (Å²) < 4.78 is 5.76. The number of ether oxygens (including phenoxy) is 1. The van der Waals surface area contributed by atoms with Gasteiger partial charge in [0.2, 0.25) is 5.91 Å². The van der Waals surface area contributed by atoms with E-state index in [2.05, 4.69) is 15.5 Å². The minimum absolute atomic E-state index is 0. The molecular weight excluding hydrogens is 409 g/mol. The van der Waals surface area contributed by atoms with E-state index in [0.29, 0.717) is 12.6 Å². The summed E-state index contributed by atoms with van der Waals surface area (Å²) in [6.07, 6.45) is 5.32. The van der Waals surface area contributed by atoms with Gasteiger partial charge in [0.1, 0.15) is 12.4 Å². The maximum absolute atomic E-state index is 12.3. The first-order chi connectivity index (χ1) is 12.2. The molecule has 2 saturated heterocycles. The molecule has 0 saturated carbocycles. The summed E-state index contributed by atoms with van der Waals surface area (Å²) in [6, 6.07) is 7.79. The topological polar surface area (TPSA) is 53.6 Å². The minimum Gasteiger partial charge on any atom is -0.492 e. The number of piperidine rings is 2. The summed E-state index contributed by atoms with van der Waals surface area (Å²) >= 11 is 5.87. The van der Waals surface area contributed by atoms with Gasteiger partial charge in [-0.05, 0) is 56.5 Å². The number of halogens is 3. The molecule has 0 aromatic heterocycles. The van der Waals surface area contributed by atoms with Crippen molar-refractivity contribution in [3.05, 3.63) is 29.3 Å². The summed E-state index contributed by atoms with van der Waals surface area (Å²) in [4.78, 5) is 14.7. The molecule has 2 N–H and O–H groups in total. The second-order valence-electron chi connectivity index (χ2n) is 6.93. The largest absolute Gasteiger partial charge is 0.492 e. The van der Waals surface area contributed by atoms with Gasteiger partial charge in [-0.3, -0.25) is 9.69 Å². The van der Waals surface area contributed by atoms with E-state index in [-0.39, 0.29) is 36.8 Å². The molecule has 0 bridgehead atoms. The number of nitrogens with zero attached hydrogens (tertiary/aromatic N) is 1. The van der Waals surface area contributed by atoms with Crippen molar-refractivity contribution in [1.82, 2.24) is 15.5 Å². The quantitative estimate of drug-likeness (QED) is 0.715. The molecule has 1 aromatic rings. The molecule has 0 unspecified atom stereocenters. The first kappa shape index (κ1) is 24.3. The lowest BCUT2D eigenvalue weighted by molar-refractivity contribution is -0.124. The van der Waals surface area contributed by atoms with Gasteiger partial charge >= 0.3 is 0 Å². The van der Waals surface area contributed by atoms with Crippen LogP contribution in [0.3, 0.4) is 0 Å². The maximum atomic E-state index is 12.3. The second kappa shape index (κ2) is 12.7. The molecule has 0 aliphatic carbocycles. The summed E-state index contributed by atoms with van der Waals surface area (Å²) in [7, 11) is 0. The van der Waals surface area contributed by atoms with Crippen molar-refractivity contribution in [1.29, 1.82) is 0 Å². The van der Waals surface area contributed by atoms with E-state index >= 15 is 0 Å². The molecule has 8 heteroatoms. The summed E-state index contributed by atoms with van der Waals surface area (Å²) in [5.74, 6) is 1.04. The van der Waals surface area contributed by atoms with Gasteiger partial charge in [-0.1, -0.05) is 18.0 Å². The number of hydrogen-bond donors (Lipinski definition) is 2. The third-order valence-corrected chi connectivity index (χ3v) is 5.30. The van der Waals surface area contributed by atoms with Crippen LogP contribution in [0.15, 0.2) is 24.3 Å². The Bertz CT molecular complexity index is 546. The fraction of sp³-hybridized carbons (Fsp3) is 0.632. The van der Waals surface area contributed by atoms with E-state index in [1.807, 2.05) is 24.3 Å². The lowest BCUT2D eigenvalue weighted by atomic mass is 10.0. The first-order valence-corrected chi connectivity index (χ1v) is 9.73. The van der Waals surface area contributed by atoms with Gasteiger partial charge in [-0.15, -0.1) is 24.8 Å². The third kappa shape index (κ3) is 8.04. The second-order valence-corrected chi connectivity index (χ2v) is 7.37. The Kier molecular flexibility index (Phi) is 11.4. The van der Waals surface area contributed by atoms with Crippen LogP contribution in [-0.2, 0) is 4.79 Å². The normalized spacial score (nSPS) is 20.9. The van der Waals surface area contributed by atoms with Crippen molar-refractivity contribution in [2.75, 3.05) is 32.8 Å². The summed E-state index contributed by atoms with van der Waals surface area (Å²) in [5.41, 5.74) is 0. The number of hydrogen-bond acceptors (Lipinski definition) is 4. The van der Waals surface area contributed by atoms with E-state index in [4.69, 9.17) is 16.3 Å². The number of carbonyl (C=O) groups is 1. The molecule has 3 rings (SSSR count). The molecular formula is C19H30Cl3N3O2. The van der Waals surface area contributed by atoms with Crippen LogP contribution in [-0.4, -0.2) is 55.7 Å². The molecule has 1 atom stereocenters. The van der Waals surface area contributed by atoms with Gasteiger partial charge in [0.25, 0.3) is 0 Å². The molecule has 2 aliphatic heterocycles. The SMILES string of the molecule is Cl.Cl.O=C(NC1CCN(CCOc2ccc(Cl)cc2)CC1)[C@H]1CCCCN1. The van der Waals surface area contributed by atoms with Crippen LogP contribution < -0.4 is 15.4 Å². The van der Waals surface area contributed by atoms with E-state index < -0.39 is 0 Å². The van der Waals surface area contributed by atoms with Crippen LogP contribution in [0.2, 0.25) is 5.02 Å². The molecule has 1 amide bonds. The van der Waals surface area contributed by atoms with Gasteiger partial charge in [-0.25, -0.2) is 0 Å². The van der Waals surface area contributed by atoms with Gasteiger partial charge in [0, 0.05) is 30.7 Å². The highest BCUT2D eigenvalue weighted by Gasteiger charge is 2.25. The number of rotatable bonds is 6. The molecule has 154 valence electrons. The van der Waals surface area contributed by atoms with Gasteiger partial charge in [-0.2, -0.15) is 0 Å². The Morgan fingerprint density at radius 1 is 1.15 bits per heavy atom. The number of amides is 1. The van der Waals surface area contributed by atoms with Crippen LogP contribution in [0.5, 0.6) is 5.75 Å². The lowest BCUT2D eigenvalue weighted by Crippen LogP contribution is -2.52. The first-order valence-electron chi connectivity index (χ1n) is 9.35. The Hall–Kier alpha value is -0.720. The summed E-state index contributed by atoms with van der Waals surface area (Å²) in [5, 5.41) is 7.26. The molecule has 2 heterocycles. The van der Waals surface area contributed by atoms with Gasteiger partial charge < -0.3 is 15.4 Å². The molecule has 5 nitrogen and oxygen atoms in total. The molecule has 27 heavy (non-hydrogen) atoms. The average Bonchev–Trinajstić information content (AvgIpc) is 2.65. The highest BCUT2D eigenvalue weighted by atomic mass is 35.5. The Morgan fingerprint density at radius 3 is 2.48 bits per heavy atom. The average molecular weight is 439 g/mol. The van der Waals surface area contributed by atoms with E-state index in [0.717, 1.165) is 62.6 Å². The highest BCUT2D eigenvalue weighted by molar-refractivity contribution is 6.30. The predicted molar refractivity (Wildman–Crippen MR) is 115 cm³/mol. The van der Waals surface area contributed by atoms with Crippen LogP contribution in [0.25, 0.3) is 0 Å². The van der Waals surface area contributed by atoms with Crippen LogP contribution in [0, 0.1) is 0 Å². The van der Waals surface area contributed by atoms with Crippen molar-refractivity contribution < 1.29 is 9.53 Å². The van der Waals surface area contributed by atoms with Crippen LogP contribution in [0.4, 0.5) is 0 Å². The van der Waals surface area contributed by atoms with E-state index in [1.165, 1.54) is 6.42 Å². The zero-order valence-corrected chi connectivity index (χ0v) is 17.9. The monoisotopic (exact) mass is 437 g/mol. The standard InChI is InChI=1S/C19H28ClN3O2.2ClH/c20-15-4-6-17(7-5-15)25-14-13-23-11-8-16(9-12-23)22-19(24)18-3-1-2-10-21-18;;/h4-7,16,18,21H,1-3,8-14H2,(H,22,24);2*1H/t18-;;/m1../s1. The Labute approximate surface area is 179 Å².